The summed E-state index contributed by atoms with van der Waals surface area (Å²) < 4.78 is 69.1. The lowest BCUT2D eigenvalue weighted by Crippen LogP contribution is -2.54. The summed E-state index contributed by atoms with van der Waals surface area (Å²) in [7, 11) is 0. The first-order valence-corrected chi connectivity index (χ1v) is 10.1. The quantitative estimate of drug-likeness (QED) is 0.645. The second-order valence-electron chi connectivity index (χ2n) is 7.41. The van der Waals surface area contributed by atoms with Crippen molar-refractivity contribution in [3.05, 3.63) is 59.7 Å². The number of carbonyl (C=O) groups is 2. The molecule has 2 aromatic rings. The fraction of sp³-hybridized carbons (Fsp3) is 0.364. The summed E-state index contributed by atoms with van der Waals surface area (Å²) in [6.45, 7) is -0.540. The maximum Gasteiger partial charge on any atom is 0.418 e. The third-order valence-corrected chi connectivity index (χ3v) is 5.35. The Balaban J connectivity index is 1.61. The van der Waals surface area contributed by atoms with Gasteiger partial charge in [-0.25, -0.2) is 0 Å². The van der Waals surface area contributed by atoms with Gasteiger partial charge in [-0.3, -0.25) is 14.5 Å². The number of alkyl halides is 5. The number of hydrogen-bond acceptors (Lipinski definition) is 4. The summed E-state index contributed by atoms with van der Waals surface area (Å²) in [6, 6.07) is 9.64. The number of para-hydroxylation sites is 2. The number of nitrogens with zero attached hydrogens (tertiary/aromatic N) is 2. The molecule has 2 aromatic carbocycles. The second-order valence-corrected chi connectivity index (χ2v) is 7.41. The molecule has 0 bridgehead atoms. The van der Waals surface area contributed by atoms with E-state index in [1.807, 2.05) is 0 Å². The van der Waals surface area contributed by atoms with Gasteiger partial charge in [-0.1, -0.05) is 24.3 Å². The Hall–Kier alpha value is -3.21. The van der Waals surface area contributed by atoms with Crippen molar-refractivity contribution in [1.82, 2.24) is 9.80 Å². The molecule has 1 atom stereocenters. The Morgan fingerprint density at radius 2 is 1.58 bits per heavy atom. The van der Waals surface area contributed by atoms with Crippen LogP contribution >= 0.6 is 0 Å². The molecule has 6 nitrogen and oxygen atoms in total. The van der Waals surface area contributed by atoms with Gasteiger partial charge in [0.2, 0.25) is 5.91 Å². The topological polar surface area (TPSA) is 61.9 Å². The van der Waals surface area contributed by atoms with Crippen LogP contribution in [0.2, 0.25) is 0 Å². The number of amides is 2. The highest BCUT2D eigenvalue weighted by atomic mass is 19.4. The van der Waals surface area contributed by atoms with E-state index in [9.17, 15) is 31.5 Å². The van der Waals surface area contributed by atoms with E-state index in [-0.39, 0.29) is 43.2 Å². The van der Waals surface area contributed by atoms with Gasteiger partial charge < -0.3 is 15.0 Å². The van der Waals surface area contributed by atoms with Crippen molar-refractivity contribution in [2.45, 2.75) is 25.8 Å². The predicted molar refractivity (Wildman–Crippen MR) is 110 cm³/mol. The fourth-order valence-corrected chi connectivity index (χ4v) is 3.57. The number of hydrogen-bond donors (Lipinski definition) is 1. The lowest BCUT2D eigenvalue weighted by molar-refractivity contribution is -0.137. The van der Waals surface area contributed by atoms with Gasteiger partial charge in [0.15, 0.2) is 0 Å². The van der Waals surface area contributed by atoms with Crippen molar-refractivity contribution >= 4 is 17.5 Å². The van der Waals surface area contributed by atoms with Crippen molar-refractivity contribution in [2.75, 3.05) is 31.5 Å². The molecule has 1 fully saturated rings. The zero-order valence-electron chi connectivity index (χ0n) is 17.6. The maximum atomic E-state index is 13.2. The lowest BCUT2D eigenvalue weighted by Gasteiger charge is -2.37. The maximum absolute atomic E-state index is 13.2. The van der Waals surface area contributed by atoms with Crippen molar-refractivity contribution in [3.8, 4) is 5.75 Å². The summed E-state index contributed by atoms with van der Waals surface area (Å²) >= 11 is 0. The van der Waals surface area contributed by atoms with Gasteiger partial charge in [0.1, 0.15) is 5.75 Å². The number of halogens is 5. The highest BCUT2D eigenvalue weighted by Gasteiger charge is 2.35. The molecule has 178 valence electrons. The van der Waals surface area contributed by atoms with Crippen LogP contribution in [0.15, 0.2) is 48.5 Å². The first kappa shape index (κ1) is 24.4. The van der Waals surface area contributed by atoms with E-state index in [2.05, 4.69) is 10.1 Å². The van der Waals surface area contributed by atoms with Gasteiger partial charge in [0, 0.05) is 26.2 Å². The van der Waals surface area contributed by atoms with Crippen LogP contribution in [0.1, 0.15) is 22.8 Å². The van der Waals surface area contributed by atoms with E-state index in [1.54, 1.807) is 11.8 Å². The molecule has 33 heavy (non-hydrogen) atoms. The molecule has 0 spiro atoms. The van der Waals surface area contributed by atoms with Gasteiger partial charge in [-0.05, 0) is 31.2 Å². The number of carbonyl (C=O) groups excluding carboxylic acids is 2. The van der Waals surface area contributed by atoms with E-state index < -0.39 is 36.2 Å². The van der Waals surface area contributed by atoms with Crippen molar-refractivity contribution in [2.24, 2.45) is 0 Å². The van der Waals surface area contributed by atoms with E-state index >= 15 is 0 Å². The normalized spacial score (nSPS) is 15.9. The minimum atomic E-state index is -4.61. The van der Waals surface area contributed by atoms with Crippen molar-refractivity contribution < 1.29 is 36.3 Å². The van der Waals surface area contributed by atoms with Crippen LogP contribution in [0, 0.1) is 0 Å². The number of rotatable bonds is 6. The van der Waals surface area contributed by atoms with Crippen LogP contribution in [0.3, 0.4) is 0 Å². The second kappa shape index (κ2) is 10.2. The van der Waals surface area contributed by atoms with Crippen molar-refractivity contribution in [3.63, 3.8) is 0 Å². The molecule has 1 heterocycles. The highest BCUT2D eigenvalue weighted by Crippen LogP contribution is 2.34. The molecule has 1 aliphatic heterocycles. The van der Waals surface area contributed by atoms with Crippen molar-refractivity contribution in [1.29, 1.82) is 0 Å². The minimum absolute atomic E-state index is 0.000740. The molecule has 0 saturated carbocycles. The van der Waals surface area contributed by atoms with E-state index in [4.69, 9.17) is 0 Å². The molecular weight excluding hydrogens is 449 g/mol. The third kappa shape index (κ3) is 5.98. The number of nitrogens with one attached hydrogen (secondary N) is 1. The summed E-state index contributed by atoms with van der Waals surface area (Å²) in [5, 5.41) is 2.33. The van der Waals surface area contributed by atoms with Crippen LogP contribution in [0.25, 0.3) is 0 Å². The molecule has 2 amide bonds. The van der Waals surface area contributed by atoms with E-state index in [0.717, 1.165) is 6.07 Å². The first-order chi connectivity index (χ1) is 15.6. The molecule has 1 aliphatic rings. The number of piperazine rings is 1. The standard InChI is InChI=1S/C22H22F5N3O3/c1-14(19(31)28-17-8-4-3-7-16(17)22(25,26)27)29-10-12-30(13-11-29)20(32)15-6-2-5-9-18(15)33-21(23)24/h2-9,14,21H,10-13H2,1H3,(H,28,31). The molecular formula is C22H22F5N3O3. The molecule has 3 rings (SSSR count). The molecule has 1 unspecified atom stereocenters. The molecule has 1 saturated heterocycles. The summed E-state index contributed by atoms with van der Waals surface area (Å²) in [6.07, 6.45) is -4.61. The van der Waals surface area contributed by atoms with E-state index in [0.29, 0.717) is 0 Å². The van der Waals surface area contributed by atoms with Crippen LogP contribution in [0.4, 0.5) is 27.6 Å². The molecule has 1 N–H and O–H groups in total. The Morgan fingerprint density at radius 3 is 2.21 bits per heavy atom. The smallest absolute Gasteiger partial charge is 0.418 e. The third-order valence-electron chi connectivity index (χ3n) is 5.35. The van der Waals surface area contributed by atoms with Crippen LogP contribution in [-0.4, -0.2) is 60.4 Å². The van der Waals surface area contributed by atoms with Gasteiger partial charge in [0.05, 0.1) is 22.9 Å². The lowest BCUT2D eigenvalue weighted by atomic mass is 10.1. The number of anilines is 1. The molecule has 11 heteroatoms. The number of benzene rings is 2. The SMILES string of the molecule is CC(C(=O)Nc1ccccc1C(F)(F)F)N1CCN(C(=O)c2ccccc2OC(F)F)CC1. The molecule has 0 aromatic heterocycles. The summed E-state index contributed by atoms with van der Waals surface area (Å²) in [4.78, 5) is 28.6. The predicted octanol–water partition coefficient (Wildman–Crippen LogP) is 4.09. The van der Waals surface area contributed by atoms with Gasteiger partial charge in [-0.2, -0.15) is 22.0 Å². The first-order valence-electron chi connectivity index (χ1n) is 10.1. The van der Waals surface area contributed by atoms with Gasteiger partial charge >= 0.3 is 12.8 Å². The largest absolute Gasteiger partial charge is 0.434 e. The fourth-order valence-electron chi connectivity index (χ4n) is 3.57. The monoisotopic (exact) mass is 471 g/mol. The average molecular weight is 471 g/mol. The Labute approximate surface area is 186 Å². The van der Waals surface area contributed by atoms with Crippen LogP contribution < -0.4 is 10.1 Å². The highest BCUT2D eigenvalue weighted by molar-refractivity contribution is 5.97. The Bertz CT molecular complexity index is 991. The Morgan fingerprint density at radius 1 is 0.970 bits per heavy atom. The zero-order chi connectivity index (χ0) is 24.2. The molecule has 0 radical (unpaired) electrons. The number of ether oxygens (including phenoxy) is 1. The summed E-state index contributed by atoms with van der Waals surface area (Å²) in [5.74, 6) is -1.32. The van der Waals surface area contributed by atoms with Gasteiger partial charge in [0.25, 0.3) is 5.91 Å². The van der Waals surface area contributed by atoms with Crippen LogP contribution in [-0.2, 0) is 11.0 Å². The average Bonchev–Trinajstić information content (AvgIpc) is 2.78. The minimum Gasteiger partial charge on any atom is -0.434 e. The van der Waals surface area contributed by atoms with E-state index in [1.165, 1.54) is 47.4 Å². The Kier molecular flexibility index (Phi) is 7.52. The summed E-state index contributed by atoms with van der Waals surface area (Å²) in [5.41, 5.74) is -1.27. The molecule has 0 aliphatic carbocycles. The zero-order valence-corrected chi connectivity index (χ0v) is 17.6. The van der Waals surface area contributed by atoms with Gasteiger partial charge in [-0.15, -0.1) is 0 Å². The van der Waals surface area contributed by atoms with Crippen LogP contribution in [0.5, 0.6) is 5.75 Å².